The minimum absolute atomic E-state index is 0.000526. The van der Waals surface area contributed by atoms with E-state index < -0.39 is 28.5 Å². The number of nitrogens with zero attached hydrogens (tertiary/aromatic N) is 2. The molecule has 0 aromatic heterocycles. The van der Waals surface area contributed by atoms with E-state index in [9.17, 15) is 18.0 Å². The van der Waals surface area contributed by atoms with Crippen LogP contribution in [0.3, 0.4) is 0 Å². The molecule has 0 aliphatic rings. The Hall–Kier alpha value is -3.07. The molecule has 0 spiro atoms. The highest BCUT2D eigenvalue weighted by molar-refractivity contribution is 7.92. The molecular formula is C29H33Cl2N3O4S. The minimum atomic E-state index is -4.23. The van der Waals surface area contributed by atoms with Gasteiger partial charge in [0.2, 0.25) is 11.8 Å². The summed E-state index contributed by atoms with van der Waals surface area (Å²) in [6, 6.07) is 19.1. The number of nitrogens with one attached hydrogen (secondary N) is 1. The fourth-order valence-electron chi connectivity index (χ4n) is 3.96. The quantitative estimate of drug-likeness (QED) is 0.311. The van der Waals surface area contributed by atoms with E-state index in [-0.39, 0.29) is 39.0 Å². The highest BCUT2D eigenvalue weighted by atomic mass is 35.5. The van der Waals surface area contributed by atoms with Crippen molar-refractivity contribution in [2.75, 3.05) is 17.4 Å². The maximum atomic E-state index is 13.9. The first-order valence-corrected chi connectivity index (χ1v) is 14.8. The normalized spacial score (nSPS) is 12.2. The summed E-state index contributed by atoms with van der Waals surface area (Å²) < 4.78 is 28.6. The van der Waals surface area contributed by atoms with Gasteiger partial charge in [-0.2, -0.15) is 0 Å². The summed E-state index contributed by atoms with van der Waals surface area (Å²) in [5.41, 5.74) is 1.87. The predicted molar refractivity (Wildman–Crippen MR) is 156 cm³/mol. The van der Waals surface area contributed by atoms with Crippen LogP contribution in [0, 0.1) is 12.8 Å². The fraction of sp³-hybridized carbons (Fsp3) is 0.310. The first kappa shape index (κ1) is 30.5. The van der Waals surface area contributed by atoms with Crippen LogP contribution in [0.25, 0.3) is 0 Å². The van der Waals surface area contributed by atoms with Gasteiger partial charge < -0.3 is 10.2 Å². The van der Waals surface area contributed by atoms with Gasteiger partial charge >= 0.3 is 0 Å². The Morgan fingerprint density at radius 3 is 2.23 bits per heavy atom. The van der Waals surface area contributed by atoms with Crippen LogP contribution < -0.4 is 9.62 Å². The molecule has 0 aliphatic carbocycles. The average Bonchev–Trinajstić information content (AvgIpc) is 2.90. The molecule has 2 amide bonds. The largest absolute Gasteiger partial charge is 0.354 e. The second-order valence-electron chi connectivity index (χ2n) is 9.72. The molecule has 0 saturated carbocycles. The molecule has 208 valence electrons. The van der Waals surface area contributed by atoms with Gasteiger partial charge in [0.15, 0.2) is 0 Å². The maximum Gasteiger partial charge on any atom is 0.264 e. The number of aryl methyl sites for hydroxylation is 1. The Bertz CT molecular complexity index is 1420. The lowest BCUT2D eigenvalue weighted by Crippen LogP contribution is -2.51. The fourth-order valence-corrected chi connectivity index (χ4v) is 5.86. The van der Waals surface area contributed by atoms with Crippen molar-refractivity contribution < 1.29 is 18.0 Å². The SMILES string of the molecule is Cc1cccc(CN(C(=O)CN(c2cccc(Cl)c2Cl)S(=O)(=O)c2ccccc2)[C@@H](C)C(=O)NCC(C)C)c1. The van der Waals surface area contributed by atoms with E-state index in [1.165, 1.54) is 29.2 Å². The molecule has 0 radical (unpaired) electrons. The lowest BCUT2D eigenvalue weighted by atomic mass is 10.1. The zero-order chi connectivity index (χ0) is 28.7. The van der Waals surface area contributed by atoms with Gasteiger partial charge in [0, 0.05) is 13.1 Å². The van der Waals surface area contributed by atoms with Crippen LogP contribution in [0.5, 0.6) is 0 Å². The van der Waals surface area contributed by atoms with Crippen LogP contribution in [0.2, 0.25) is 10.0 Å². The van der Waals surface area contributed by atoms with Crippen molar-refractivity contribution >= 4 is 50.7 Å². The van der Waals surface area contributed by atoms with Gasteiger partial charge in [-0.1, -0.05) is 91.1 Å². The molecule has 3 rings (SSSR count). The van der Waals surface area contributed by atoms with Crippen molar-refractivity contribution in [2.24, 2.45) is 5.92 Å². The van der Waals surface area contributed by atoms with Gasteiger partial charge in [0.25, 0.3) is 10.0 Å². The van der Waals surface area contributed by atoms with E-state index in [1.807, 2.05) is 45.0 Å². The number of carbonyl (C=O) groups excluding carboxylic acids is 2. The number of rotatable bonds is 11. The van der Waals surface area contributed by atoms with E-state index in [1.54, 1.807) is 31.2 Å². The third kappa shape index (κ3) is 7.75. The third-order valence-corrected chi connectivity index (χ3v) is 8.68. The molecule has 0 aliphatic heterocycles. The smallest absolute Gasteiger partial charge is 0.264 e. The zero-order valence-corrected chi connectivity index (χ0v) is 24.7. The van der Waals surface area contributed by atoms with Gasteiger partial charge in [-0.05, 0) is 49.6 Å². The standard InChI is InChI=1S/C29H33Cl2N3O4S/c1-20(2)17-32-29(36)22(4)33(18-23-11-8-10-21(3)16-23)27(35)19-34(26-15-9-14-25(30)28(26)31)39(37,38)24-12-6-5-7-13-24/h5-16,20,22H,17-19H2,1-4H3,(H,32,36)/t22-/m0/s1. The van der Waals surface area contributed by atoms with Crippen LogP contribution in [0.4, 0.5) is 5.69 Å². The van der Waals surface area contributed by atoms with Gasteiger partial charge in [0.1, 0.15) is 12.6 Å². The van der Waals surface area contributed by atoms with Crippen LogP contribution in [0.1, 0.15) is 31.9 Å². The molecule has 0 unspecified atom stereocenters. The van der Waals surface area contributed by atoms with E-state index in [2.05, 4.69) is 5.32 Å². The molecule has 3 aromatic rings. The van der Waals surface area contributed by atoms with Gasteiger partial charge in [-0.25, -0.2) is 8.42 Å². The minimum Gasteiger partial charge on any atom is -0.354 e. The first-order chi connectivity index (χ1) is 18.4. The van der Waals surface area contributed by atoms with Crippen LogP contribution in [0.15, 0.2) is 77.7 Å². The van der Waals surface area contributed by atoms with Crippen molar-refractivity contribution in [2.45, 2.75) is 45.2 Å². The Morgan fingerprint density at radius 2 is 1.59 bits per heavy atom. The number of anilines is 1. The van der Waals surface area contributed by atoms with E-state index in [0.717, 1.165) is 15.4 Å². The lowest BCUT2D eigenvalue weighted by molar-refractivity contribution is -0.139. The lowest BCUT2D eigenvalue weighted by Gasteiger charge is -2.32. The zero-order valence-electron chi connectivity index (χ0n) is 22.4. The third-order valence-electron chi connectivity index (χ3n) is 6.10. The van der Waals surface area contributed by atoms with Gasteiger partial charge in [-0.3, -0.25) is 13.9 Å². The summed E-state index contributed by atoms with van der Waals surface area (Å²) in [6.45, 7) is 7.48. The Balaban J connectivity index is 2.04. The number of hydrogen-bond acceptors (Lipinski definition) is 4. The molecular weight excluding hydrogens is 557 g/mol. The number of amides is 2. The summed E-state index contributed by atoms with van der Waals surface area (Å²) in [5, 5.41) is 3.01. The molecule has 0 bridgehead atoms. The van der Waals surface area contributed by atoms with E-state index in [4.69, 9.17) is 23.2 Å². The predicted octanol–water partition coefficient (Wildman–Crippen LogP) is 5.69. The summed E-state index contributed by atoms with van der Waals surface area (Å²) in [6.07, 6.45) is 0. The van der Waals surface area contributed by atoms with Gasteiger partial charge in [-0.15, -0.1) is 0 Å². The molecule has 3 aromatic carbocycles. The van der Waals surface area contributed by atoms with Crippen LogP contribution >= 0.6 is 23.2 Å². The highest BCUT2D eigenvalue weighted by Crippen LogP contribution is 2.35. The molecule has 1 atom stereocenters. The number of sulfonamides is 1. The Kier molecular flexibility index (Phi) is 10.4. The number of hydrogen-bond donors (Lipinski definition) is 1. The number of halogens is 2. The Morgan fingerprint density at radius 1 is 0.923 bits per heavy atom. The van der Waals surface area contributed by atoms with Crippen LogP contribution in [-0.4, -0.2) is 44.3 Å². The summed E-state index contributed by atoms with van der Waals surface area (Å²) >= 11 is 12.7. The molecule has 1 N–H and O–H groups in total. The second kappa shape index (κ2) is 13.3. The molecule has 7 nitrogen and oxygen atoms in total. The van der Waals surface area contributed by atoms with Crippen molar-refractivity contribution in [1.29, 1.82) is 0 Å². The van der Waals surface area contributed by atoms with E-state index in [0.29, 0.717) is 6.54 Å². The second-order valence-corrected chi connectivity index (χ2v) is 12.4. The molecule has 0 saturated heterocycles. The summed E-state index contributed by atoms with van der Waals surface area (Å²) in [4.78, 5) is 28.4. The molecule has 0 heterocycles. The topological polar surface area (TPSA) is 86.8 Å². The number of carbonyl (C=O) groups is 2. The maximum absolute atomic E-state index is 13.9. The van der Waals surface area contributed by atoms with Crippen molar-refractivity contribution in [3.8, 4) is 0 Å². The van der Waals surface area contributed by atoms with Crippen LogP contribution in [-0.2, 0) is 26.2 Å². The first-order valence-electron chi connectivity index (χ1n) is 12.6. The Labute approximate surface area is 240 Å². The summed E-state index contributed by atoms with van der Waals surface area (Å²) in [7, 11) is -4.23. The van der Waals surface area contributed by atoms with Crippen molar-refractivity contribution in [3.05, 3.63) is 94.0 Å². The van der Waals surface area contributed by atoms with Crippen molar-refractivity contribution in [1.82, 2.24) is 10.2 Å². The van der Waals surface area contributed by atoms with E-state index >= 15 is 0 Å². The molecule has 10 heteroatoms. The number of benzene rings is 3. The average molecular weight is 591 g/mol. The van der Waals surface area contributed by atoms with Crippen molar-refractivity contribution in [3.63, 3.8) is 0 Å². The molecule has 0 fully saturated rings. The highest BCUT2D eigenvalue weighted by Gasteiger charge is 2.33. The van der Waals surface area contributed by atoms with Gasteiger partial charge in [0.05, 0.1) is 20.6 Å². The summed E-state index contributed by atoms with van der Waals surface area (Å²) in [5.74, 6) is -0.680. The molecule has 39 heavy (non-hydrogen) atoms. The monoisotopic (exact) mass is 589 g/mol.